The summed E-state index contributed by atoms with van der Waals surface area (Å²) < 4.78 is 4.91. The Balaban J connectivity index is 1.37. The molecule has 0 radical (unpaired) electrons. The molecular formula is C47H31N3. The summed E-state index contributed by atoms with van der Waals surface area (Å²) in [5, 5.41) is 4.81. The third-order valence-electron chi connectivity index (χ3n) is 10.0. The van der Waals surface area contributed by atoms with Crippen molar-refractivity contribution >= 4 is 43.6 Å². The van der Waals surface area contributed by atoms with E-state index >= 15 is 0 Å². The van der Waals surface area contributed by atoms with Gasteiger partial charge in [0.05, 0.1) is 33.4 Å². The number of pyridine rings is 1. The van der Waals surface area contributed by atoms with E-state index in [-0.39, 0.29) is 0 Å². The predicted octanol–water partition coefficient (Wildman–Crippen LogP) is 12.3. The van der Waals surface area contributed by atoms with Crippen LogP contribution in [-0.4, -0.2) is 14.1 Å². The zero-order chi connectivity index (χ0) is 33.0. The van der Waals surface area contributed by atoms with E-state index < -0.39 is 0 Å². The van der Waals surface area contributed by atoms with E-state index in [0.717, 1.165) is 38.9 Å². The van der Waals surface area contributed by atoms with Crippen LogP contribution in [0.5, 0.6) is 0 Å². The van der Waals surface area contributed by atoms with Crippen LogP contribution in [-0.2, 0) is 0 Å². The van der Waals surface area contributed by atoms with Gasteiger partial charge >= 0.3 is 0 Å². The number of rotatable bonds is 5. The van der Waals surface area contributed by atoms with Gasteiger partial charge in [-0.05, 0) is 47.0 Å². The zero-order valence-corrected chi connectivity index (χ0v) is 27.2. The summed E-state index contributed by atoms with van der Waals surface area (Å²) in [4.78, 5) is 4.55. The van der Waals surface area contributed by atoms with E-state index in [2.05, 4.69) is 190 Å². The van der Waals surface area contributed by atoms with E-state index in [1.807, 2.05) is 12.4 Å². The smallest absolute Gasteiger partial charge is 0.0619 e. The highest BCUT2D eigenvalue weighted by atomic mass is 15.0. The van der Waals surface area contributed by atoms with Crippen molar-refractivity contribution in [2.75, 3.05) is 0 Å². The molecule has 10 aromatic rings. The zero-order valence-electron chi connectivity index (χ0n) is 27.2. The third kappa shape index (κ3) is 4.34. The van der Waals surface area contributed by atoms with Gasteiger partial charge in [0.2, 0.25) is 0 Å². The first kappa shape index (κ1) is 28.3. The topological polar surface area (TPSA) is 22.8 Å². The molecule has 0 saturated heterocycles. The van der Waals surface area contributed by atoms with Gasteiger partial charge in [0.1, 0.15) is 0 Å². The molecule has 3 nitrogen and oxygen atoms in total. The number of benzene rings is 7. The summed E-state index contributed by atoms with van der Waals surface area (Å²) in [6.45, 7) is 0. The lowest BCUT2D eigenvalue weighted by atomic mass is 9.92. The van der Waals surface area contributed by atoms with Gasteiger partial charge in [-0.15, -0.1) is 0 Å². The van der Waals surface area contributed by atoms with Crippen molar-refractivity contribution in [3.8, 4) is 44.8 Å². The average Bonchev–Trinajstić information content (AvgIpc) is 3.71. The molecular weight excluding hydrogens is 607 g/mol. The highest BCUT2D eigenvalue weighted by molar-refractivity contribution is 6.12. The van der Waals surface area contributed by atoms with Crippen LogP contribution in [0.15, 0.2) is 188 Å². The number of nitrogens with zero attached hydrogens (tertiary/aromatic N) is 3. The molecule has 7 aromatic carbocycles. The fourth-order valence-corrected chi connectivity index (χ4v) is 7.85. The van der Waals surface area contributed by atoms with Crippen LogP contribution in [0.25, 0.3) is 88.4 Å². The monoisotopic (exact) mass is 637 g/mol. The van der Waals surface area contributed by atoms with Gasteiger partial charge in [-0.1, -0.05) is 146 Å². The van der Waals surface area contributed by atoms with Crippen LogP contribution in [0.3, 0.4) is 0 Å². The largest absolute Gasteiger partial charge is 0.308 e. The second-order valence-corrected chi connectivity index (χ2v) is 12.8. The molecule has 0 saturated carbocycles. The molecule has 3 heteroatoms. The Labute approximate surface area is 290 Å². The molecule has 0 fully saturated rings. The third-order valence-corrected chi connectivity index (χ3v) is 10.0. The van der Waals surface area contributed by atoms with Crippen LogP contribution in [0.4, 0.5) is 0 Å². The van der Waals surface area contributed by atoms with Crippen molar-refractivity contribution in [3.05, 3.63) is 188 Å². The van der Waals surface area contributed by atoms with Crippen LogP contribution in [0.1, 0.15) is 0 Å². The Morgan fingerprint density at radius 1 is 0.340 bits per heavy atom. The molecule has 50 heavy (non-hydrogen) atoms. The number of hydrogen-bond acceptors (Lipinski definition) is 1. The normalized spacial score (nSPS) is 11.6. The Bertz CT molecular complexity index is 2750. The fourth-order valence-electron chi connectivity index (χ4n) is 7.85. The standard InChI is InChI=1S/C47H31N3/c1-3-14-32(15-4-1)34-26-27-39(46(30-34)49-42-23-10-9-20-38(42)41-31-48-29-28-45(41)49)40-22-13-21-35(33-16-5-2-6-17-33)47(40)50-43-24-11-7-18-36(43)37-19-8-12-25-44(37)50/h1-31H. The maximum Gasteiger partial charge on any atom is 0.0619 e. The van der Waals surface area contributed by atoms with Crippen LogP contribution >= 0.6 is 0 Å². The van der Waals surface area contributed by atoms with Gasteiger partial charge in [-0.25, -0.2) is 0 Å². The SMILES string of the molecule is c1ccc(-c2ccc(-c3cccc(-c4ccccc4)c3-n3c4ccccc4c4ccccc43)c(-n3c4ccccc4c4cnccc43)c2)cc1. The van der Waals surface area contributed by atoms with E-state index in [9.17, 15) is 0 Å². The number of hydrogen-bond donors (Lipinski definition) is 0. The highest BCUT2D eigenvalue weighted by Crippen LogP contribution is 2.44. The molecule has 0 aliphatic rings. The Morgan fingerprint density at radius 2 is 0.880 bits per heavy atom. The van der Waals surface area contributed by atoms with Gasteiger partial charge < -0.3 is 9.13 Å². The quantitative estimate of drug-likeness (QED) is 0.184. The number of fused-ring (bicyclic) bond motifs is 6. The van der Waals surface area contributed by atoms with Crippen molar-refractivity contribution in [3.63, 3.8) is 0 Å². The molecule has 0 spiro atoms. The molecule has 0 atom stereocenters. The van der Waals surface area contributed by atoms with Crippen molar-refractivity contribution in [2.24, 2.45) is 0 Å². The summed E-state index contributed by atoms with van der Waals surface area (Å²) in [7, 11) is 0. The minimum atomic E-state index is 1.12. The summed E-state index contributed by atoms with van der Waals surface area (Å²) in [5.74, 6) is 0. The lowest BCUT2D eigenvalue weighted by molar-refractivity contribution is 1.16. The molecule has 0 unspecified atom stereocenters. The first-order valence-electron chi connectivity index (χ1n) is 17.1. The van der Waals surface area contributed by atoms with E-state index in [1.165, 1.54) is 49.4 Å². The van der Waals surface area contributed by atoms with Crippen molar-refractivity contribution in [2.45, 2.75) is 0 Å². The highest BCUT2D eigenvalue weighted by Gasteiger charge is 2.23. The molecule has 0 aliphatic heterocycles. The van der Waals surface area contributed by atoms with Crippen molar-refractivity contribution in [1.29, 1.82) is 0 Å². The predicted molar refractivity (Wildman–Crippen MR) is 209 cm³/mol. The average molecular weight is 638 g/mol. The summed E-state index contributed by atoms with van der Waals surface area (Å²) in [6, 6.07) is 63.6. The molecule has 3 aromatic heterocycles. The van der Waals surface area contributed by atoms with Crippen molar-refractivity contribution < 1.29 is 0 Å². The second kappa shape index (κ2) is 11.5. The molecule has 0 aliphatic carbocycles. The minimum absolute atomic E-state index is 1.12. The van der Waals surface area contributed by atoms with Gasteiger partial charge in [-0.2, -0.15) is 0 Å². The lowest BCUT2D eigenvalue weighted by Gasteiger charge is -2.22. The second-order valence-electron chi connectivity index (χ2n) is 12.8. The molecule has 0 bridgehead atoms. The maximum atomic E-state index is 4.55. The molecule has 10 rings (SSSR count). The lowest BCUT2D eigenvalue weighted by Crippen LogP contribution is -2.03. The van der Waals surface area contributed by atoms with Crippen molar-refractivity contribution in [1.82, 2.24) is 14.1 Å². The molecule has 0 amide bonds. The van der Waals surface area contributed by atoms with E-state index in [1.54, 1.807) is 0 Å². The Morgan fingerprint density at radius 3 is 1.56 bits per heavy atom. The Hall–Kier alpha value is -6.71. The van der Waals surface area contributed by atoms with Gasteiger partial charge in [-0.3, -0.25) is 4.98 Å². The van der Waals surface area contributed by atoms with Gasteiger partial charge in [0, 0.05) is 50.6 Å². The van der Waals surface area contributed by atoms with Crippen LogP contribution < -0.4 is 0 Å². The van der Waals surface area contributed by atoms with Crippen LogP contribution in [0, 0.1) is 0 Å². The number of aromatic nitrogens is 3. The fraction of sp³-hybridized carbons (Fsp3) is 0. The maximum absolute atomic E-state index is 4.55. The van der Waals surface area contributed by atoms with E-state index in [4.69, 9.17) is 0 Å². The summed E-state index contributed by atoms with van der Waals surface area (Å²) in [5.41, 5.74) is 14.0. The summed E-state index contributed by atoms with van der Waals surface area (Å²) in [6.07, 6.45) is 3.90. The Kier molecular flexibility index (Phi) is 6.49. The molecule has 3 heterocycles. The van der Waals surface area contributed by atoms with E-state index in [0.29, 0.717) is 0 Å². The molecule has 234 valence electrons. The molecule has 0 N–H and O–H groups in total. The van der Waals surface area contributed by atoms with Gasteiger partial charge in [0.25, 0.3) is 0 Å². The minimum Gasteiger partial charge on any atom is -0.308 e. The van der Waals surface area contributed by atoms with Gasteiger partial charge in [0.15, 0.2) is 0 Å². The van der Waals surface area contributed by atoms with Crippen LogP contribution in [0.2, 0.25) is 0 Å². The first-order chi connectivity index (χ1) is 24.8. The number of para-hydroxylation sites is 4. The summed E-state index contributed by atoms with van der Waals surface area (Å²) >= 11 is 0. The first-order valence-corrected chi connectivity index (χ1v) is 17.1.